The highest BCUT2D eigenvalue weighted by molar-refractivity contribution is 5.73. The van der Waals surface area contributed by atoms with E-state index in [0.717, 1.165) is 0 Å². The number of aliphatic hydroxyl groups excluding tert-OH is 3. The van der Waals surface area contributed by atoms with Crippen LogP contribution >= 0.6 is 0 Å². The second-order valence-electron chi connectivity index (χ2n) is 5.23. The maximum absolute atomic E-state index is 11.3. The van der Waals surface area contributed by atoms with Gasteiger partial charge in [-0.3, -0.25) is 4.79 Å². The van der Waals surface area contributed by atoms with Gasteiger partial charge in [-0.25, -0.2) is 0 Å². The van der Waals surface area contributed by atoms with E-state index in [1.807, 2.05) is 0 Å². The first-order valence-electron chi connectivity index (χ1n) is 7.16. The molecule has 5 atom stereocenters. The van der Waals surface area contributed by atoms with Crippen LogP contribution < -0.4 is 14.8 Å². The summed E-state index contributed by atoms with van der Waals surface area (Å²) in [6, 6.07) is 5.66. The minimum Gasteiger partial charge on any atom is -0.497 e. The third-order valence-corrected chi connectivity index (χ3v) is 3.56. The number of hydrogen-bond acceptors (Lipinski definition) is 7. The fourth-order valence-electron chi connectivity index (χ4n) is 2.36. The second-order valence-corrected chi connectivity index (χ2v) is 5.23. The normalized spacial score (nSPS) is 30.6. The van der Waals surface area contributed by atoms with Crippen LogP contribution in [-0.4, -0.2) is 65.6 Å². The van der Waals surface area contributed by atoms with Crippen molar-refractivity contribution in [1.29, 1.82) is 0 Å². The molecule has 1 aliphatic rings. The first kappa shape index (κ1) is 17.5. The van der Waals surface area contributed by atoms with E-state index in [1.165, 1.54) is 14.0 Å². The molecule has 0 bridgehead atoms. The van der Waals surface area contributed by atoms with Gasteiger partial charge in [0.1, 0.15) is 35.9 Å². The van der Waals surface area contributed by atoms with E-state index in [-0.39, 0.29) is 0 Å². The van der Waals surface area contributed by atoms with Crippen LogP contribution in [0.2, 0.25) is 0 Å². The van der Waals surface area contributed by atoms with Gasteiger partial charge < -0.3 is 34.8 Å². The summed E-state index contributed by atoms with van der Waals surface area (Å²) in [4.78, 5) is 11.3. The van der Waals surface area contributed by atoms with Gasteiger partial charge in [0.25, 0.3) is 0 Å². The van der Waals surface area contributed by atoms with E-state index >= 15 is 0 Å². The molecule has 8 nitrogen and oxygen atoms in total. The summed E-state index contributed by atoms with van der Waals surface area (Å²) in [6.45, 7) is 0.787. The third-order valence-electron chi connectivity index (χ3n) is 3.56. The Morgan fingerprint density at radius 1 is 1.22 bits per heavy atom. The van der Waals surface area contributed by atoms with Crippen LogP contribution in [0, 0.1) is 0 Å². The zero-order valence-corrected chi connectivity index (χ0v) is 12.9. The third kappa shape index (κ3) is 4.11. The Bertz CT molecular complexity index is 521. The maximum atomic E-state index is 11.3. The van der Waals surface area contributed by atoms with Gasteiger partial charge in [-0.15, -0.1) is 0 Å². The highest BCUT2D eigenvalue weighted by atomic mass is 16.7. The van der Waals surface area contributed by atoms with Crippen molar-refractivity contribution in [3.8, 4) is 11.5 Å². The van der Waals surface area contributed by atoms with Crippen molar-refractivity contribution in [3.05, 3.63) is 24.3 Å². The van der Waals surface area contributed by atoms with E-state index in [1.54, 1.807) is 24.3 Å². The molecule has 1 amide bonds. The number of methoxy groups -OCH3 is 1. The molecule has 0 spiro atoms. The van der Waals surface area contributed by atoms with Crippen LogP contribution in [0.4, 0.5) is 0 Å². The molecule has 0 radical (unpaired) electrons. The zero-order valence-electron chi connectivity index (χ0n) is 12.9. The number of aliphatic hydroxyl groups is 3. The zero-order chi connectivity index (χ0) is 17.0. The highest BCUT2D eigenvalue weighted by Gasteiger charge is 2.46. The van der Waals surface area contributed by atoms with Crippen molar-refractivity contribution in [1.82, 2.24) is 5.32 Å². The minimum absolute atomic E-state index is 0.407. The molecule has 1 aliphatic heterocycles. The molecule has 1 aromatic carbocycles. The first-order valence-corrected chi connectivity index (χ1v) is 7.16. The van der Waals surface area contributed by atoms with Crippen LogP contribution in [0.25, 0.3) is 0 Å². The molecule has 0 unspecified atom stereocenters. The Balaban J connectivity index is 2.17. The van der Waals surface area contributed by atoms with E-state index in [2.05, 4.69) is 5.32 Å². The molecule has 2 rings (SSSR count). The lowest BCUT2D eigenvalue weighted by Gasteiger charge is -2.42. The van der Waals surface area contributed by atoms with Crippen LogP contribution in [0.1, 0.15) is 6.92 Å². The summed E-state index contributed by atoms with van der Waals surface area (Å²) in [5.41, 5.74) is 0. The number of carbonyl (C=O) groups is 1. The predicted molar refractivity (Wildman–Crippen MR) is 79.0 cm³/mol. The molecule has 0 aliphatic carbocycles. The Morgan fingerprint density at radius 3 is 2.35 bits per heavy atom. The van der Waals surface area contributed by atoms with Gasteiger partial charge in [-0.05, 0) is 24.3 Å². The van der Waals surface area contributed by atoms with Crippen molar-refractivity contribution in [2.75, 3.05) is 13.7 Å². The topological polar surface area (TPSA) is 117 Å². The number of rotatable bonds is 5. The molecule has 8 heteroatoms. The maximum Gasteiger partial charge on any atom is 0.223 e. The minimum atomic E-state index is -1.34. The van der Waals surface area contributed by atoms with Crippen molar-refractivity contribution in [2.24, 2.45) is 0 Å². The average Bonchev–Trinajstić information content (AvgIpc) is 2.54. The second kappa shape index (κ2) is 7.60. The largest absolute Gasteiger partial charge is 0.497 e. The fourth-order valence-corrected chi connectivity index (χ4v) is 2.36. The number of nitrogens with one attached hydrogen (secondary N) is 1. The number of ether oxygens (including phenoxy) is 3. The molecule has 23 heavy (non-hydrogen) atoms. The van der Waals surface area contributed by atoms with E-state index in [4.69, 9.17) is 14.2 Å². The summed E-state index contributed by atoms with van der Waals surface area (Å²) in [5.74, 6) is 0.658. The fraction of sp³-hybridized carbons (Fsp3) is 0.533. The molecular weight excluding hydrogens is 306 g/mol. The van der Waals surface area contributed by atoms with Crippen molar-refractivity contribution >= 4 is 5.91 Å². The Labute approximate surface area is 133 Å². The summed E-state index contributed by atoms with van der Waals surface area (Å²) in [5, 5.41) is 31.8. The monoisotopic (exact) mass is 327 g/mol. The molecule has 128 valence electrons. The van der Waals surface area contributed by atoms with E-state index in [9.17, 15) is 20.1 Å². The van der Waals surface area contributed by atoms with Gasteiger partial charge in [0, 0.05) is 6.92 Å². The van der Waals surface area contributed by atoms with E-state index in [0.29, 0.717) is 11.5 Å². The number of amides is 1. The first-order chi connectivity index (χ1) is 11.0. The van der Waals surface area contributed by atoms with Crippen LogP contribution in [0.5, 0.6) is 11.5 Å². The lowest BCUT2D eigenvalue weighted by atomic mass is 9.97. The summed E-state index contributed by atoms with van der Waals surface area (Å²) in [7, 11) is 1.54. The lowest BCUT2D eigenvalue weighted by Crippen LogP contribution is -2.65. The molecule has 0 saturated carbocycles. The molecular formula is C15H21NO7. The number of benzene rings is 1. The average molecular weight is 327 g/mol. The van der Waals surface area contributed by atoms with Gasteiger partial charge in [-0.2, -0.15) is 0 Å². The van der Waals surface area contributed by atoms with Gasteiger partial charge >= 0.3 is 0 Å². The molecule has 1 saturated heterocycles. The summed E-state index contributed by atoms with van der Waals surface area (Å²) < 4.78 is 16.2. The predicted octanol–water partition coefficient (Wildman–Crippen LogP) is -0.982. The molecule has 1 heterocycles. The van der Waals surface area contributed by atoms with Gasteiger partial charge in [-0.1, -0.05) is 0 Å². The summed E-state index contributed by atoms with van der Waals surface area (Å²) >= 11 is 0. The number of carbonyl (C=O) groups excluding carboxylic acids is 1. The Kier molecular flexibility index (Phi) is 5.78. The van der Waals surface area contributed by atoms with Gasteiger partial charge in [0.2, 0.25) is 12.2 Å². The van der Waals surface area contributed by atoms with Crippen molar-refractivity contribution in [3.63, 3.8) is 0 Å². The van der Waals surface area contributed by atoms with Gasteiger partial charge in [0.05, 0.1) is 13.7 Å². The number of hydrogen-bond donors (Lipinski definition) is 4. The molecule has 4 N–H and O–H groups in total. The quantitative estimate of drug-likeness (QED) is 0.549. The highest BCUT2D eigenvalue weighted by Crippen LogP contribution is 2.25. The van der Waals surface area contributed by atoms with Crippen molar-refractivity contribution in [2.45, 2.75) is 37.6 Å². The van der Waals surface area contributed by atoms with Gasteiger partial charge in [0.15, 0.2) is 0 Å². The van der Waals surface area contributed by atoms with E-state index < -0.39 is 43.2 Å². The van der Waals surface area contributed by atoms with Crippen molar-refractivity contribution < 1.29 is 34.3 Å². The SMILES string of the molecule is COc1ccc(O[C@@H]2O[C@H](CO)[C@@H](O)[C@H](O)[C@H]2NC(C)=O)cc1. The molecule has 0 aromatic heterocycles. The summed E-state index contributed by atoms with van der Waals surface area (Å²) in [6.07, 6.45) is -4.76. The molecule has 1 aromatic rings. The standard InChI is InChI=1S/C15H21NO7/c1-8(18)16-12-14(20)13(19)11(7-17)23-15(12)22-10-5-3-9(21-2)4-6-10/h3-6,11-15,17,19-20H,7H2,1-2H3,(H,16,18)/t11-,12-,13-,14-,15-/m1/s1. The Morgan fingerprint density at radius 2 is 1.83 bits per heavy atom. The van der Waals surface area contributed by atoms with Crippen LogP contribution in [0.15, 0.2) is 24.3 Å². The lowest BCUT2D eigenvalue weighted by molar-refractivity contribution is -0.244. The molecule has 1 fully saturated rings. The Hall–Kier alpha value is -1.87. The van der Waals surface area contributed by atoms with Crippen LogP contribution in [0.3, 0.4) is 0 Å². The van der Waals surface area contributed by atoms with Crippen LogP contribution in [-0.2, 0) is 9.53 Å². The smallest absolute Gasteiger partial charge is 0.223 e.